The highest BCUT2D eigenvalue weighted by Gasteiger charge is 2.21. The van der Waals surface area contributed by atoms with Gasteiger partial charge >= 0.3 is 0 Å². The number of aromatic nitrogens is 4. The molecule has 3 aromatic heterocycles. The second-order valence-corrected chi connectivity index (χ2v) is 7.97. The van der Waals surface area contributed by atoms with Gasteiger partial charge in [0.25, 0.3) is 17.4 Å². The van der Waals surface area contributed by atoms with Crippen LogP contribution < -0.4 is 16.4 Å². The minimum Gasteiger partial charge on any atom is -0.463 e. The Bertz CT molecular complexity index is 1600. The highest BCUT2D eigenvalue weighted by molar-refractivity contribution is 6.06. The van der Waals surface area contributed by atoms with E-state index >= 15 is 0 Å². The van der Waals surface area contributed by atoms with Crippen LogP contribution in [0, 0.1) is 0 Å². The minimum atomic E-state index is -0.651. The summed E-state index contributed by atoms with van der Waals surface area (Å²) < 4.78 is 8.16. The van der Waals surface area contributed by atoms with E-state index in [2.05, 4.69) is 21.0 Å². The van der Waals surface area contributed by atoms with Gasteiger partial charge in [0.15, 0.2) is 11.5 Å². The van der Waals surface area contributed by atoms with Crippen molar-refractivity contribution in [2.24, 2.45) is 0 Å². The molecule has 0 aliphatic rings. The molecule has 3 heterocycles. The van der Waals surface area contributed by atoms with Crippen molar-refractivity contribution in [1.82, 2.24) is 30.4 Å². The van der Waals surface area contributed by atoms with E-state index in [0.717, 1.165) is 0 Å². The molecular formula is C26H22N6O4. The van der Waals surface area contributed by atoms with E-state index in [1.807, 2.05) is 25.1 Å². The zero-order valence-electron chi connectivity index (χ0n) is 19.3. The second-order valence-electron chi connectivity index (χ2n) is 7.97. The van der Waals surface area contributed by atoms with Gasteiger partial charge in [-0.2, -0.15) is 10.2 Å². The summed E-state index contributed by atoms with van der Waals surface area (Å²) in [7, 11) is 0. The topological polar surface area (TPSA) is 124 Å². The van der Waals surface area contributed by atoms with E-state index in [-0.39, 0.29) is 16.9 Å². The summed E-state index contributed by atoms with van der Waals surface area (Å²) in [6, 6.07) is 20.9. The number of carbonyl (C=O) groups is 2. The fraction of sp³-hybridized carbons (Fsp3) is 0.115. The molecule has 0 atom stereocenters. The third-order valence-corrected chi connectivity index (χ3v) is 5.52. The number of para-hydroxylation sites is 1. The maximum atomic E-state index is 13.2. The maximum Gasteiger partial charge on any atom is 0.290 e. The molecule has 2 amide bonds. The van der Waals surface area contributed by atoms with Crippen molar-refractivity contribution in [3.63, 3.8) is 0 Å². The van der Waals surface area contributed by atoms with Crippen molar-refractivity contribution in [3.8, 4) is 17.1 Å². The predicted molar refractivity (Wildman–Crippen MR) is 132 cm³/mol. The predicted octanol–water partition coefficient (Wildman–Crippen LogP) is 3.33. The van der Waals surface area contributed by atoms with Crippen molar-refractivity contribution >= 4 is 22.6 Å². The number of furan rings is 1. The molecule has 0 spiro atoms. The van der Waals surface area contributed by atoms with E-state index < -0.39 is 11.8 Å². The quantitative estimate of drug-likeness (QED) is 0.358. The molecule has 0 bridgehead atoms. The van der Waals surface area contributed by atoms with Crippen LogP contribution in [-0.4, -0.2) is 31.4 Å². The van der Waals surface area contributed by atoms with Crippen LogP contribution >= 0.6 is 0 Å². The molecule has 36 heavy (non-hydrogen) atoms. The second kappa shape index (κ2) is 9.71. The van der Waals surface area contributed by atoms with Crippen molar-refractivity contribution in [2.45, 2.75) is 19.9 Å². The molecule has 10 heteroatoms. The maximum absolute atomic E-state index is 13.2. The normalized spacial score (nSPS) is 10.9. The number of hydrogen-bond acceptors (Lipinski definition) is 6. The van der Waals surface area contributed by atoms with Gasteiger partial charge in [0.2, 0.25) is 0 Å². The van der Waals surface area contributed by atoms with Crippen LogP contribution in [0.25, 0.3) is 27.9 Å². The summed E-state index contributed by atoms with van der Waals surface area (Å²) in [4.78, 5) is 38.9. The number of hydrogen-bond donors (Lipinski definition) is 2. The van der Waals surface area contributed by atoms with Gasteiger partial charge in [0.1, 0.15) is 11.4 Å². The van der Waals surface area contributed by atoms with Gasteiger partial charge in [0, 0.05) is 18.0 Å². The molecule has 180 valence electrons. The average molecular weight is 483 g/mol. The Balaban J connectivity index is 1.45. The van der Waals surface area contributed by atoms with Crippen LogP contribution in [-0.2, 0) is 6.54 Å². The number of amides is 2. The summed E-state index contributed by atoms with van der Waals surface area (Å²) in [5.74, 6) is -0.748. The van der Waals surface area contributed by atoms with Crippen LogP contribution in [0.4, 0.5) is 0 Å². The third kappa shape index (κ3) is 4.27. The molecular weight excluding hydrogens is 460 g/mol. The summed E-state index contributed by atoms with van der Waals surface area (Å²) in [5.41, 5.74) is 5.92. The molecule has 0 radical (unpaired) electrons. The van der Waals surface area contributed by atoms with Crippen molar-refractivity contribution in [3.05, 3.63) is 101 Å². The van der Waals surface area contributed by atoms with Crippen molar-refractivity contribution in [1.29, 1.82) is 0 Å². The fourth-order valence-electron chi connectivity index (χ4n) is 3.86. The number of nitrogens with one attached hydrogen (secondary N) is 2. The largest absolute Gasteiger partial charge is 0.463 e. The van der Waals surface area contributed by atoms with Crippen LogP contribution in [0.1, 0.15) is 34.3 Å². The Morgan fingerprint density at radius 2 is 1.61 bits per heavy atom. The van der Waals surface area contributed by atoms with Gasteiger partial charge in [-0.25, -0.2) is 9.36 Å². The zero-order chi connectivity index (χ0) is 25.1. The van der Waals surface area contributed by atoms with E-state index in [1.54, 1.807) is 54.6 Å². The molecule has 10 nitrogen and oxygen atoms in total. The number of nitrogens with zero attached hydrogens (tertiary/aromatic N) is 4. The molecule has 0 aliphatic heterocycles. The molecule has 2 N–H and O–H groups in total. The lowest BCUT2D eigenvalue weighted by molar-refractivity contribution is 0.0839. The highest BCUT2D eigenvalue weighted by Crippen LogP contribution is 2.22. The molecule has 0 saturated heterocycles. The van der Waals surface area contributed by atoms with Crippen molar-refractivity contribution < 1.29 is 14.0 Å². The number of hydrazine groups is 1. The lowest BCUT2D eigenvalue weighted by atomic mass is 10.1. The number of carbonyl (C=O) groups excluding carboxylic acids is 2. The molecule has 2 aromatic carbocycles. The minimum absolute atomic E-state index is 0.0341. The van der Waals surface area contributed by atoms with Crippen LogP contribution in [0.3, 0.4) is 0 Å². The Hall–Kier alpha value is -4.99. The number of rotatable bonds is 6. The van der Waals surface area contributed by atoms with Gasteiger partial charge < -0.3 is 4.42 Å². The zero-order valence-corrected chi connectivity index (χ0v) is 19.3. The Morgan fingerprint density at radius 3 is 2.33 bits per heavy atom. The first-order valence-corrected chi connectivity index (χ1v) is 11.4. The van der Waals surface area contributed by atoms with E-state index in [1.165, 1.54) is 15.6 Å². The molecule has 0 aliphatic carbocycles. The highest BCUT2D eigenvalue weighted by atomic mass is 16.3. The van der Waals surface area contributed by atoms with Gasteiger partial charge in [-0.05, 0) is 36.8 Å². The first-order chi connectivity index (χ1) is 17.6. The van der Waals surface area contributed by atoms with Gasteiger partial charge in [-0.1, -0.05) is 43.3 Å². The smallest absolute Gasteiger partial charge is 0.290 e. The van der Waals surface area contributed by atoms with Gasteiger partial charge in [-0.15, -0.1) is 0 Å². The third-order valence-electron chi connectivity index (χ3n) is 5.52. The molecule has 5 aromatic rings. The summed E-state index contributed by atoms with van der Waals surface area (Å²) in [6.45, 7) is 2.28. The van der Waals surface area contributed by atoms with Crippen molar-refractivity contribution in [2.75, 3.05) is 0 Å². The Morgan fingerprint density at radius 1 is 0.889 bits per heavy atom. The van der Waals surface area contributed by atoms with Crippen LogP contribution in [0.15, 0.2) is 88.3 Å². The summed E-state index contributed by atoms with van der Waals surface area (Å²) in [5, 5.41) is 9.54. The first kappa shape index (κ1) is 22.8. The summed E-state index contributed by atoms with van der Waals surface area (Å²) in [6.07, 6.45) is 2.19. The van der Waals surface area contributed by atoms with E-state index in [0.29, 0.717) is 40.9 Å². The Labute approximate surface area is 205 Å². The molecule has 0 saturated carbocycles. The molecule has 0 unspecified atom stereocenters. The SMILES string of the molecule is CCCn1nc(C(=O)NNC(=O)c2cc(-c3ccco3)nn2-c2ccccc2)c2ccccc2c1=O. The Kier molecular flexibility index (Phi) is 6.14. The van der Waals surface area contributed by atoms with E-state index in [9.17, 15) is 14.4 Å². The van der Waals surface area contributed by atoms with Gasteiger partial charge in [-0.3, -0.25) is 25.2 Å². The van der Waals surface area contributed by atoms with Gasteiger partial charge in [0.05, 0.1) is 17.3 Å². The first-order valence-electron chi connectivity index (χ1n) is 11.4. The number of aryl methyl sites for hydroxylation is 1. The van der Waals surface area contributed by atoms with Crippen LogP contribution in [0.5, 0.6) is 0 Å². The monoisotopic (exact) mass is 482 g/mol. The molecule has 5 rings (SSSR count). The standard InChI is InChI=1S/C26H22N6O4/c1-2-14-31-26(35)19-12-7-6-11-18(19)23(30-31)25(34)28-27-24(33)21-16-20(22-13-8-15-36-22)29-32(21)17-9-4-3-5-10-17/h3-13,15-16H,2,14H2,1H3,(H,27,33)(H,28,34). The number of benzene rings is 2. The van der Waals surface area contributed by atoms with E-state index in [4.69, 9.17) is 4.42 Å². The number of fused-ring (bicyclic) bond motifs is 1. The van der Waals surface area contributed by atoms with Crippen LogP contribution in [0.2, 0.25) is 0 Å². The summed E-state index contributed by atoms with van der Waals surface area (Å²) >= 11 is 0. The fourth-order valence-corrected chi connectivity index (χ4v) is 3.86. The lowest BCUT2D eigenvalue weighted by Gasteiger charge is -2.12. The molecule has 0 fully saturated rings. The lowest BCUT2D eigenvalue weighted by Crippen LogP contribution is -2.43. The average Bonchev–Trinajstić information content (AvgIpc) is 3.60.